The van der Waals surface area contributed by atoms with Crippen LogP contribution in [0.4, 0.5) is 0 Å². The van der Waals surface area contributed by atoms with E-state index in [2.05, 4.69) is 44.4 Å². The summed E-state index contributed by atoms with van der Waals surface area (Å²) in [4.78, 5) is 51.3. The van der Waals surface area contributed by atoms with Crippen LogP contribution in [0.25, 0.3) is 16.1 Å². The fourth-order valence-electron chi connectivity index (χ4n) is 11.4. The Morgan fingerprint density at radius 3 is 2.35 bits per heavy atom. The summed E-state index contributed by atoms with van der Waals surface area (Å²) in [5, 5.41) is 0. The van der Waals surface area contributed by atoms with E-state index in [1.807, 2.05) is 62.5 Å². The van der Waals surface area contributed by atoms with Gasteiger partial charge in [-0.3, -0.25) is 14.2 Å². The second kappa shape index (κ2) is 9.72. The van der Waals surface area contributed by atoms with Crippen LogP contribution in [0.15, 0.2) is 66.3 Å². The number of imidazole rings is 1. The number of hydrogen-bond donors (Lipinski definition) is 0. The smallest absolute Gasteiger partial charge is 0.238 e. The summed E-state index contributed by atoms with van der Waals surface area (Å²) in [7, 11) is 0. The number of rotatable bonds is 2. The number of hydrogen-bond acceptors (Lipinski definition) is 4. The molecule has 0 aliphatic heterocycles. The number of nitrogens with zero attached hydrogens (tertiary/aromatic N) is 3. The van der Waals surface area contributed by atoms with Crippen molar-refractivity contribution in [2.75, 3.05) is 0 Å². The van der Waals surface area contributed by atoms with Gasteiger partial charge in [-0.1, -0.05) is 90.4 Å². The number of fused-ring (bicyclic) bond motifs is 7. The van der Waals surface area contributed by atoms with Crippen molar-refractivity contribution in [3.8, 4) is 11.3 Å². The number of carbonyl (C=O) groups excluding carboxylic acids is 3. The Bertz CT molecular complexity index is 1770. The van der Waals surface area contributed by atoms with Gasteiger partial charge in [0.15, 0.2) is 11.6 Å². The maximum Gasteiger partial charge on any atom is 0.238 e. The molecule has 46 heavy (non-hydrogen) atoms. The molecule has 1 aromatic heterocycles. The zero-order valence-corrected chi connectivity index (χ0v) is 28.4. The molecule has 1 aromatic carbocycles. The zero-order valence-electron chi connectivity index (χ0n) is 28.4. The number of carbonyl (C=O) groups is 3. The molecule has 1 heterocycles. The van der Waals surface area contributed by atoms with Crippen molar-refractivity contribution in [3.05, 3.63) is 77.7 Å². The third-order valence-electron chi connectivity index (χ3n) is 14.2. The predicted octanol–water partition coefficient (Wildman–Crippen LogP) is 8.76. The molecule has 5 aliphatic carbocycles. The number of benzene rings is 1. The van der Waals surface area contributed by atoms with Crippen LogP contribution in [0, 0.1) is 56.8 Å². The van der Waals surface area contributed by atoms with Crippen molar-refractivity contribution in [3.63, 3.8) is 0 Å². The van der Waals surface area contributed by atoms with Gasteiger partial charge in [-0.25, -0.2) is 9.83 Å². The minimum atomic E-state index is -0.683. The lowest BCUT2D eigenvalue weighted by molar-refractivity contribution is -0.164. The molecule has 0 saturated heterocycles. The van der Waals surface area contributed by atoms with Gasteiger partial charge in [-0.05, 0) is 79.1 Å². The molecular formula is C40H47N3O3. The summed E-state index contributed by atoms with van der Waals surface area (Å²) < 4.78 is 1.71. The third-order valence-corrected chi connectivity index (χ3v) is 14.2. The fraction of sp³-hybridized carbons (Fsp3) is 0.575. The summed E-state index contributed by atoms with van der Waals surface area (Å²) in [5.74, 6) is -0.233. The number of aromatic nitrogens is 2. The van der Waals surface area contributed by atoms with E-state index in [0.717, 1.165) is 61.8 Å². The van der Waals surface area contributed by atoms with Crippen molar-refractivity contribution < 1.29 is 14.4 Å². The maximum absolute atomic E-state index is 14.8. The second-order valence-electron chi connectivity index (χ2n) is 17.2. The topological polar surface area (TPSA) is 73.4 Å². The lowest BCUT2D eigenvalue weighted by Crippen LogP contribution is -2.66. The van der Waals surface area contributed by atoms with E-state index in [0.29, 0.717) is 0 Å². The van der Waals surface area contributed by atoms with E-state index >= 15 is 0 Å². The van der Waals surface area contributed by atoms with E-state index in [1.165, 1.54) is 0 Å². The van der Waals surface area contributed by atoms with Crippen molar-refractivity contribution in [2.45, 2.75) is 93.4 Å². The molecule has 7 unspecified atom stereocenters. The fourth-order valence-corrected chi connectivity index (χ4v) is 11.4. The molecule has 7 atom stereocenters. The molecule has 0 spiro atoms. The molecule has 0 radical (unpaired) electrons. The highest BCUT2D eigenvalue weighted by Gasteiger charge is 2.70. The highest BCUT2D eigenvalue weighted by molar-refractivity contribution is 6.03. The maximum atomic E-state index is 14.8. The van der Waals surface area contributed by atoms with E-state index in [9.17, 15) is 14.4 Å². The van der Waals surface area contributed by atoms with Gasteiger partial charge < -0.3 is 4.79 Å². The summed E-state index contributed by atoms with van der Waals surface area (Å²) in [6.45, 7) is 23.2. The van der Waals surface area contributed by atoms with Gasteiger partial charge >= 0.3 is 0 Å². The molecule has 0 N–H and O–H groups in total. The molecule has 0 amide bonds. The van der Waals surface area contributed by atoms with Crippen LogP contribution in [0.3, 0.4) is 0 Å². The van der Waals surface area contributed by atoms with Gasteiger partial charge in [0.05, 0.1) is 17.7 Å². The van der Waals surface area contributed by atoms with Gasteiger partial charge in [0.1, 0.15) is 6.33 Å². The van der Waals surface area contributed by atoms with Crippen molar-refractivity contribution in [1.82, 2.24) is 9.55 Å². The van der Waals surface area contributed by atoms with Gasteiger partial charge in [-0.15, -0.1) is 0 Å². The molecule has 7 rings (SSSR count). The largest absolute Gasteiger partial charge is 0.307 e. The Hall–Kier alpha value is -3.59. The van der Waals surface area contributed by atoms with E-state index in [1.54, 1.807) is 10.9 Å². The lowest BCUT2D eigenvalue weighted by Gasteiger charge is -2.69. The molecule has 6 nitrogen and oxygen atoms in total. The molecule has 5 aliphatic rings. The van der Waals surface area contributed by atoms with Crippen molar-refractivity contribution >= 4 is 17.5 Å². The van der Waals surface area contributed by atoms with Crippen LogP contribution in [0.5, 0.6) is 0 Å². The monoisotopic (exact) mass is 617 g/mol. The number of Topliss-reactive ketones (excluding diaryl/α,β-unsaturated/α-hetero) is 1. The molecule has 3 fully saturated rings. The van der Waals surface area contributed by atoms with Crippen LogP contribution >= 0.6 is 0 Å². The first kappa shape index (κ1) is 31.0. The predicted molar refractivity (Wildman–Crippen MR) is 178 cm³/mol. The molecule has 2 aromatic rings. The van der Waals surface area contributed by atoms with Crippen LogP contribution in [0.1, 0.15) is 98.2 Å². The zero-order chi connectivity index (χ0) is 33.1. The summed E-state index contributed by atoms with van der Waals surface area (Å²) in [6, 6.07) is 9.94. The summed E-state index contributed by atoms with van der Waals surface area (Å²) >= 11 is 0. The summed E-state index contributed by atoms with van der Waals surface area (Å²) in [6.07, 6.45) is 13.2. The molecule has 240 valence electrons. The highest BCUT2D eigenvalue weighted by atomic mass is 16.2. The van der Waals surface area contributed by atoms with Crippen LogP contribution in [-0.4, -0.2) is 27.0 Å². The summed E-state index contributed by atoms with van der Waals surface area (Å²) in [5.41, 5.74) is 0.531. The first-order valence-corrected chi connectivity index (χ1v) is 17.1. The van der Waals surface area contributed by atoms with Gasteiger partial charge in [0, 0.05) is 28.5 Å². The average molecular weight is 618 g/mol. The average Bonchev–Trinajstić information content (AvgIpc) is 3.50. The Kier molecular flexibility index (Phi) is 6.56. The number of allylic oxidation sites excluding steroid dienone is 4. The van der Waals surface area contributed by atoms with Crippen LogP contribution < -0.4 is 0 Å². The minimum Gasteiger partial charge on any atom is -0.307 e. The quantitative estimate of drug-likeness (QED) is 0.316. The first-order valence-electron chi connectivity index (χ1n) is 17.1. The standard InChI is InChI=1S/C40H47N3O3/c1-35(2)16-18-40(34(46)43-23-28(42-24-43)25-12-10-9-11-13-25)19-17-39(7)32(26(40)21-35)29(44)20-31-37(5)22-27(41-8)33(45)36(3,4)30(37)14-15-38(31,39)6/h9-13,20,22-24,26,30,32H,14-19,21H2,1-7H3. The Balaban J connectivity index is 1.34. The van der Waals surface area contributed by atoms with Crippen LogP contribution in [-0.2, 0) is 9.59 Å². The third kappa shape index (κ3) is 3.93. The molecule has 6 heteroatoms. The van der Waals surface area contributed by atoms with Crippen LogP contribution in [0.2, 0.25) is 0 Å². The van der Waals surface area contributed by atoms with E-state index in [-0.39, 0.29) is 57.2 Å². The Morgan fingerprint density at radius 2 is 1.65 bits per heavy atom. The highest BCUT2D eigenvalue weighted by Crippen LogP contribution is 2.74. The van der Waals surface area contributed by atoms with Gasteiger partial charge in [-0.2, -0.15) is 0 Å². The van der Waals surface area contributed by atoms with E-state index in [4.69, 9.17) is 6.57 Å². The SMILES string of the molecule is [C-]#[N+]C1=CC2(C)C3=CC(=O)C4C5CC(C)(C)CCC5(C(=O)n5cnc(-c6ccccc6)c5)CCC4(C)C3(C)CCC2C(C)(C)C1=O. The van der Waals surface area contributed by atoms with Crippen molar-refractivity contribution in [1.29, 1.82) is 0 Å². The molecule has 0 bridgehead atoms. The van der Waals surface area contributed by atoms with Gasteiger partial charge in [0.25, 0.3) is 0 Å². The van der Waals surface area contributed by atoms with Gasteiger partial charge in [0.2, 0.25) is 11.6 Å². The molecular weight excluding hydrogens is 570 g/mol. The minimum absolute atomic E-state index is 0.0169. The Morgan fingerprint density at radius 1 is 0.957 bits per heavy atom. The second-order valence-corrected chi connectivity index (χ2v) is 17.2. The van der Waals surface area contributed by atoms with E-state index < -0.39 is 16.2 Å². The Labute approximate surface area is 273 Å². The molecule has 3 saturated carbocycles. The lowest BCUT2D eigenvalue weighted by atomic mass is 9.34. The normalized spacial score (nSPS) is 39.0. The number of ketones is 2. The van der Waals surface area contributed by atoms with Crippen molar-refractivity contribution in [2.24, 2.45) is 50.2 Å². The first-order chi connectivity index (χ1) is 21.5.